The van der Waals surface area contributed by atoms with Crippen molar-refractivity contribution in [1.82, 2.24) is 10.2 Å². The molecule has 138 valence electrons. The smallest absolute Gasteiger partial charge is 0.227 e. The SMILES string of the molecule is O=C([C@H]1CCNC1)N1CCC(C2C(O)C(Cl)C(Cl)C(Cl)C2Cl)CC1. The Kier molecular flexibility index (Phi) is 6.49. The largest absolute Gasteiger partial charge is 0.391 e. The molecule has 2 heterocycles. The van der Waals surface area contributed by atoms with Crippen molar-refractivity contribution in [1.29, 1.82) is 0 Å². The van der Waals surface area contributed by atoms with E-state index >= 15 is 0 Å². The molecule has 0 aromatic rings. The van der Waals surface area contributed by atoms with Gasteiger partial charge in [-0.25, -0.2) is 0 Å². The Morgan fingerprint density at radius 3 is 2.17 bits per heavy atom. The van der Waals surface area contributed by atoms with Crippen LogP contribution < -0.4 is 5.32 Å². The summed E-state index contributed by atoms with van der Waals surface area (Å²) in [5, 5.41) is 11.8. The molecule has 8 heteroatoms. The maximum absolute atomic E-state index is 12.5. The summed E-state index contributed by atoms with van der Waals surface area (Å²) in [6, 6.07) is 0. The van der Waals surface area contributed by atoms with Gasteiger partial charge in [0.1, 0.15) is 0 Å². The van der Waals surface area contributed by atoms with Crippen molar-refractivity contribution in [3.63, 3.8) is 0 Å². The van der Waals surface area contributed by atoms with Crippen molar-refractivity contribution in [2.75, 3.05) is 26.2 Å². The van der Waals surface area contributed by atoms with Crippen LogP contribution in [-0.2, 0) is 4.79 Å². The van der Waals surface area contributed by atoms with Crippen LogP contribution in [0.1, 0.15) is 19.3 Å². The number of halogens is 4. The molecule has 3 fully saturated rings. The maximum atomic E-state index is 12.5. The van der Waals surface area contributed by atoms with E-state index in [4.69, 9.17) is 46.4 Å². The summed E-state index contributed by atoms with van der Waals surface area (Å²) in [6.07, 6.45) is 1.79. The van der Waals surface area contributed by atoms with Crippen molar-refractivity contribution in [2.45, 2.75) is 46.9 Å². The Hall–Kier alpha value is 0.550. The summed E-state index contributed by atoms with van der Waals surface area (Å²) in [5.74, 6) is 0.382. The molecule has 2 aliphatic heterocycles. The fraction of sp³-hybridized carbons (Fsp3) is 0.938. The third-order valence-corrected chi connectivity index (χ3v) is 8.37. The van der Waals surface area contributed by atoms with Gasteiger partial charge >= 0.3 is 0 Å². The van der Waals surface area contributed by atoms with E-state index in [1.807, 2.05) is 4.90 Å². The van der Waals surface area contributed by atoms with Crippen molar-refractivity contribution >= 4 is 52.3 Å². The van der Waals surface area contributed by atoms with E-state index in [9.17, 15) is 9.90 Å². The van der Waals surface area contributed by atoms with Gasteiger partial charge in [-0.1, -0.05) is 0 Å². The average Bonchev–Trinajstić information content (AvgIpc) is 3.13. The molecule has 24 heavy (non-hydrogen) atoms. The summed E-state index contributed by atoms with van der Waals surface area (Å²) >= 11 is 25.3. The number of carbonyl (C=O) groups excluding carboxylic acids is 1. The van der Waals surface area contributed by atoms with Gasteiger partial charge in [0.15, 0.2) is 0 Å². The summed E-state index contributed by atoms with van der Waals surface area (Å²) in [7, 11) is 0. The minimum atomic E-state index is -0.766. The zero-order valence-electron chi connectivity index (χ0n) is 13.4. The normalized spacial score (nSPS) is 44.7. The molecule has 1 aliphatic carbocycles. The van der Waals surface area contributed by atoms with E-state index in [1.165, 1.54) is 0 Å². The van der Waals surface area contributed by atoms with Crippen LogP contribution in [0.3, 0.4) is 0 Å². The number of nitrogens with zero attached hydrogens (tertiary/aromatic N) is 1. The third kappa shape index (κ3) is 3.65. The number of amides is 1. The zero-order valence-corrected chi connectivity index (χ0v) is 16.4. The number of piperidine rings is 1. The number of alkyl halides is 4. The molecule has 1 amide bonds. The van der Waals surface area contributed by atoms with Crippen molar-refractivity contribution in [3.05, 3.63) is 0 Å². The number of rotatable bonds is 2. The predicted octanol–water partition coefficient (Wildman–Crippen LogP) is 2.25. The molecular weight excluding hydrogens is 394 g/mol. The molecule has 7 atom stereocenters. The highest BCUT2D eigenvalue weighted by Crippen LogP contribution is 2.44. The lowest BCUT2D eigenvalue weighted by Crippen LogP contribution is -2.57. The second-order valence-corrected chi connectivity index (χ2v) is 9.21. The van der Waals surface area contributed by atoms with Gasteiger partial charge < -0.3 is 15.3 Å². The molecule has 0 spiro atoms. The Bertz CT molecular complexity index is 439. The molecule has 0 bridgehead atoms. The van der Waals surface area contributed by atoms with Gasteiger partial charge in [0, 0.05) is 25.6 Å². The van der Waals surface area contributed by atoms with E-state index < -0.39 is 27.6 Å². The number of aliphatic hydroxyl groups excluding tert-OH is 1. The Morgan fingerprint density at radius 2 is 1.58 bits per heavy atom. The molecule has 1 saturated carbocycles. The van der Waals surface area contributed by atoms with Gasteiger partial charge in [-0.15, -0.1) is 46.4 Å². The van der Waals surface area contributed by atoms with E-state index in [2.05, 4.69) is 5.32 Å². The molecule has 0 aromatic carbocycles. The van der Waals surface area contributed by atoms with Crippen LogP contribution in [0.25, 0.3) is 0 Å². The standard InChI is InChI=1S/C16H24Cl4N2O2/c17-11-10(15(23)14(20)13(19)12(11)18)8-2-5-22(6-3-8)16(24)9-1-4-21-7-9/h8-15,21,23H,1-7H2/t9-,10?,11?,12?,13?,14?,15?/m0/s1. The Morgan fingerprint density at radius 1 is 0.958 bits per heavy atom. The molecule has 6 unspecified atom stereocenters. The minimum Gasteiger partial charge on any atom is -0.391 e. The van der Waals surface area contributed by atoms with Gasteiger partial charge in [-0.2, -0.15) is 0 Å². The monoisotopic (exact) mass is 416 g/mol. The van der Waals surface area contributed by atoms with E-state index in [0.29, 0.717) is 13.1 Å². The lowest BCUT2D eigenvalue weighted by molar-refractivity contribution is -0.136. The first-order valence-electron chi connectivity index (χ1n) is 8.65. The Balaban J connectivity index is 1.60. The molecule has 2 saturated heterocycles. The summed E-state index contributed by atoms with van der Waals surface area (Å²) in [5.41, 5.74) is 0. The highest BCUT2D eigenvalue weighted by Gasteiger charge is 2.50. The summed E-state index contributed by atoms with van der Waals surface area (Å²) in [4.78, 5) is 14.5. The number of carbonyl (C=O) groups is 1. The second-order valence-electron chi connectivity index (χ2n) is 7.20. The van der Waals surface area contributed by atoms with E-state index in [0.717, 1.165) is 32.4 Å². The number of hydrogen-bond donors (Lipinski definition) is 2. The van der Waals surface area contributed by atoms with E-state index in [1.54, 1.807) is 0 Å². The van der Waals surface area contributed by atoms with E-state index in [-0.39, 0.29) is 23.7 Å². The second kappa shape index (κ2) is 8.06. The highest BCUT2D eigenvalue weighted by molar-refractivity contribution is 6.38. The lowest BCUT2D eigenvalue weighted by atomic mass is 9.73. The van der Waals surface area contributed by atoms with Gasteiger partial charge in [0.25, 0.3) is 0 Å². The van der Waals surface area contributed by atoms with Crippen LogP contribution >= 0.6 is 46.4 Å². The topological polar surface area (TPSA) is 52.6 Å². The molecule has 3 rings (SSSR count). The van der Waals surface area contributed by atoms with Gasteiger partial charge in [-0.3, -0.25) is 4.79 Å². The first-order chi connectivity index (χ1) is 11.4. The van der Waals surface area contributed by atoms with Crippen molar-refractivity contribution in [2.24, 2.45) is 17.8 Å². The number of nitrogens with one attached hydrogen (secondary N) is 1. The van der Waals surface area contributed by atoms with Crippen LogP contribution in [0.4, 0.5) is 0 Å². The predicted molar refractivity (Wildman–Crippen MR) is 98.3 cm³/mol. The quantitative estimate of drug-likeness (QED) is 0.677. The lowest BCUT2D eigenvalue weighted by Gasteiger charge is -2.46. The minimum absolute atomic E-state index is 0.110. The molecule has 4 nitrogen and oxygen atoms in total. The van der Waals surface area contributed by atoms with Gasteiger partial charge in [0.2, 0.25) is 5.91 Å². The van der Waals surface area contributed by atoms with Crippen LogP contribution in [0.15, 0.2) is 0 Å². The maximum Gasteiger partial charge on any atom is 0.227 e. The number of aliphatic hydroxyl groups is 1. The van der Waals surface area contributed by atoms with Crippen LogP contribution in [-0.4, -0.2) is 69.7 Å². The molecule has 3 aliphatic rings. The zero-order chi connectivity index (χ0) is 17.4. The summed E-state index contributed by atoms with van der Waals surface area (Å²) in [6.45, 7) is 3.11. The molecule has 0 aromatic heterocycles. The van der Waals surface area contributed by atoms with Crippen molar-refractivity contribution in [3.8, 4) is 0 Å². The Labute approximate surface area is 163 Å². The molecule has 0 radical (unpaired) electrons. The van der Waals surface area contributed by atoms with Crippen LogP contribution in [0, 0.1) is 17.8 Å². The average molecular weight is 418 g/mol. The number of likely N-dealkylation sites (tertiary alicyclic amines) is 1. The molecular formula is C16H24Cl4N2O2. The fourth-order valence-corrected chi connectivity index (χ4v) is 5.94. The highest BCUT2D eigenvalue weighted by atomic mass is 35.5. The number of hydrogen-bond acceptors (Lipinski definition) is 3. The first-order valence-corrected chi connectivity index (χ1v) is 10.4. The van der Waals surface area contributed by atoms with Crippen molar-refractivity contribution < 1.29 is 9.90 Å². The first kappa shape index (κ1) is 19.3. The third-order valence-electron chi connectivity index (χ3n) is 5.81. The summed E-state index contributed by atoms with van der Waals surface area (Å²) < 4.78 is 0. The molecule has 2 N–H and O–H groups in total. The fourth-order valence-electron chi connectivity index (χ4n) is 4.32. The van der Waals surface area contributed by atoms with Crippen LogP contribution in [0.2, 0.25) is 0 Å². The van der Waals surface area contributed by atoms with Gasteiger partial charge in [-0.05, 0) is 31.7 Å². The van der Waals surface area contributed by atoms with Gasteiger partial charge in [0.05, 0.1) is 33.5 Å². The van der Waals surface area contributed by atoms with Crippen LogP contribution in [0.5, 0.6) is 0 Å².